The van der Waals surface area contributed by atoms with Crippen LogP contribution in [-0.4, -0.2) is 31.2 Å². The largest absolute Gasteiger partial charge is 0.300 e. The summed E-state index contributed by atoms with van der Waals surface area (Å²) in [5.41, 5.74) is 2.15. The third kappa shape index (κ3) is 4.12. The molecule has 0 spiro atoms. The third-order valence-corrected chi connectivity index (χ3v) is 5.48. The van der Waals surface area contributed by atoms with E-state index in [4.69, 9.17) is 0 Å². The molecule has 0 aliphatic heterocycles. The van der Waals surface area contributed by atoms with Gasteiger partial charge < -0.3 is 0 Å². The first-order valence-corrected chi connectivity index (χ1v) is 9.32. The lowest BCUT2D eigenvalue weighted by Gasteiger charge is -1.99. The SMILES string of the molecule is Cc1nnc(NC(=O)CSc2nc(-c3ccccc3C)ns2)s1. The Bertz CT molecular complexity index is 829. The van der Waals surface area contributed by atoms with Gasteiger partial charge in [-0.2, -0.15) is 4.37 Å². The molecule has 0 atom stereocenters. The van der Waals surface area contributed by atoms with E-state index in [0.29, 0.717) is 11.0 Å². The zero-order valence-corrected chi connectivity index (χ0v) is 14.9. The number of aromatic nitrogens is 4. The van der Waals surface area contributed by atoms with E-state index in [0.717, 1.165) is 20.5 Å². The standard InChI is InChI=1S/C14H13N5OS3/c1-8-5-3-4-6-10(8)12-16-14(23-19-12)21-7-11(20)15-13-18-17-9(2)22-13/h3-6H,7H2,1-2H3,(H,15,18,20). The molecule has 3 aromatic rings. The molecule has 1 N–H and O–H groups in total. The summed E-state index contributed by atoms with van der Waals surface area (Å²) in [5, 5.41) is 11.8. The van der Waals surface area contributed by atoms with Crippen molar-refractivity contribution < 1.29 is 4.79 Å². The summed E-state index contributed by atoms with van der Waals surface area (Å²) in [7, 11) is 0. The lowest BCUT2D eigenvalue weighted by Crippen LogP contribution is -2.13. The second-order valence-electron chi connectivity index (χ2n) is 4.66. The van der Waals surface area contributed by atoms with Crippen molar-refractivity contribution in [2.75, 3.05) is 11.1 Å². The van der Waals surface area contributed by atoms with E-state index in [-0.39, 0.29) is 11.7 Å². The van der Waals surface area contributed by atoms with E-state index in [9.17, 15) is 4.79 Å². The quantitative estimate of drug-likeness (QED) is 0.700. The number of nitrogens with one attached hydrogen (secondary N) is 1. The summed E-state index contributed by atoms with van der Waals surface area (Å²) in [6.07, 6.45) is 0. The third-order valence-electron chi connectivity index (χ3n) is 2.89. The Balaban J connectivity index is 1.59. The highest BCUT2D eigenvalue weighted by molar-refractivity contribution is 8.01. The van der Waals surface area contributed by atoms with Gasteiger partial charge in [0.05, 0.1) is 5.75 Å². The molecule has 0 fully saturated rings. The Morgan fingerprint density at radius 3 is 2.83 bits per heavy atom. The topological polar surface area (TPSA) is 80.7 Å². The fourth-order valence-electron chi connectivity index (χ4n) is 1.83. The number of anilines is 1. The monoisotopic (exact) mass is 363 g/mol. The Kier molecular flexibility index (Phi) is 4.99. The molecule has 6 nitrogen and oxygen atoms in total. The van der Waals surface area contributed by atoms with Gasteiger partial charge in [0.15, 0.2) is 10.2 Å². The maximum absolute atomic E-state index is 11.9. The van der Waals surface area contributed by atoms with Gasteiger partial charge >= 0.3 is 0 Å². The van der Waals surface area contributed by atoms with Crippen molar-refractivity contribution in [3.05, 3.63) is 34.8 Å². The zero-order chi connectivity index (χ0) is 16.2. The molecule has 9 heteroatoms. The molecule has 0 saturated heterocycles. The molecular formula is C14H13N5OS3. The molecule has 0 aliphatic rings. The van der Waals surface area contributed by atoms with Crippen LogP contribution >= 0.6 is 34.6 Å². The number of thioether (sulfide) groups is 1. The normalized spacial score (nSPS) is 10.7. The van der Waals surface area contributed by atoms with Gasteiger partial charge in [-0.1, -0.05) is 47.4 Å². The first-order valence-electron chi connectivity index (χ1n) is 6.74. The van der Waals surface area contributed by atoms with Crippen LogP contribution in [0.3, 0.4) is 0 Å². The van der Waals surface area contributed by atoms with Gasteiger partial charge in [-0.05, 0) is 30.9 Å². The predicted molar refractivity (Wildman–Crippen MR) is 94.1 cm³/mol. The number of rotatable bonds is 5. The molecule has 1 amide bonds. The molecule has 118 valence electrons. The van der Waals surface area contributed by atoms with Crippen LogP contribution in [0.15, 0.2) is 28.6 Å². The van der Waals surface area contributed by atoms with E-state index < -0.39 is 0 Å². The zero-order valence-electron chi connectivity index (χ0n) is 12.4. The van der Waals surface area contributed by atoms with Crippen LogP contribution in [0.25, 0.3) is 11.4 Å². The van der Waals surface area contributed by atoms with Crippen LogP contribution in [0.5, 0.6) is 0 Å². The Morgan fingerprint density at radius 1 is 1.26 bits per heavy atom. The predicted octanol–water partition coefficient (Wildman–Crippen LogP) is 3.40. The highest BCUT2D eigenvalue weighted by Gasteiger charge is 2.12. The van der Waals surface area contributed by atoms with Crippen LogP contribution < -0.4 is 5.32 Å². The average molecular weight is 363 g/mol. The number of hydrogen-bond acceptors (Lipinski definition) is 8. The highest BCUT2D eigenvalue weighted by Crippen LogP contribution is 2.27. The second-order valence-corrected chi connectivity index (χ2v) is 7.82. The number of amides is 1. The van der Waals surface area contributed by atoms with Crippen molar-refractivity contribution >= 4 is 45.7 Å². The van der Waals surface area contributed by atoms with Crippen molar-refractivity contribution in [3.63, 3.8) is 0 Å². The van der Waals surface area contributed by atoms with Crippen LogP contribution in [0.1, 0.15) is 10.6 Å². The first-order chi connectivity index (χ1) is 11.1. The minimum Gasteiger partial charge on any atom is -0.300 e. The minimum absolute atomic E-state index is 0.126. The van der Waals surface area contributed by atoms with Gasteiger partial charge in [-0.25, -0.2) is 4.98 Å². The molecule has 0 radical (unpaired) electrons. The van der Waals surface area contributed by atoms with Gasteiger partial charge in [0.1, 0.15) is 5.01 Å². The molecular weight excluding hydrogens is 350 g/mol. The summed E-state index contributed by atoms with van der Waals surface area (Å²) in [5.74, 6) is 0.843. The molecule has 2 aromatic heterocycles. The van der Waals surface area contributed by atoms with Crippen molar-refractivity contribution in [1.29, 1.82) is 0 Å². The van der Waals surface area contributed by atoms with Gasteiger partial charge in [-0.3, -0.25) is 10.1 Å². The maximum Gasteiger partial charge on any atom is 0.236 e. The fraction of sp³-hybridized carbons (Fsp3) is 0.214. The van der Waals surface area contributed by atoms with Crippen LogP contribution in [0.2, 0.25) is 0 Å². The molecule has 2 heterocycles. The van der Waals surface area contributed by atoms with Gasteiger partial charge in [-0.15, -0.1) is 10.2 Å². The van der Waals surface area contributed by atoms with E-state index in [2.05, 4.69) is 24.9 Å². The summed E-state index contributed by atoms with van der Waals surface area (Å²) in [6, 6.07) is 7.98. The van der Waals surface area contributed by atoms with Gasteiger partial charge in [0, 0.05) is 5.56 Å². The van der Waals surface area contributed by atoms with Crippen molar-refractivity contribution in [2.45, 2.75) is 18.2 Å². The van der Waals surface area contributed by atoms with Crippen LogP contribution in [-0.2, 0) is 4.79 Å². The summed E-state index contributed by atoms with van der Waals surface area (Å²) >= 11 is 4.02. The number of carbonyl (C=O) groups excluding carboxylic acids is 1. The summed E-state index contributed by atoms with van der Waals surface area (Å²) in [4.78, 5) is 16.4. The average Bonchev–Trinajstić information content (AvgIpc) is 3.15. The molecule has 3 rings (SSSR count). The fourth-order valence-corrected chi connectivity index (χ4v) is 3.85. The van der Waals surface area contributed by atoms with Gasteiger partial charge in [0.25, 0.3) is 0 Å². The summed E-state index contributed by atoms with van der Waals surface area (Å²) in [6.45, 7) is 3.87. The molecule has 0 unspecified atom stereocenters. The lowest BCUT2D eigenvalue weighted by atomic mass is 10.1. The smallest absolute Gasteiger partial charge is 0.236 e. The van der Waals surface area contributed by atoms with Crippen molar-refractivity contribution in [1.82, 2.24) is 19.6 Å². The second kappa shape index (κ2) is 7.16. The number of carbonyl (C=O) groups is 1. The summed E-state index contributed by atoms with van der Waals surface area (Å²) < 4.78 is 5.14. The Labute approximate surface area is 145 Å². The Hall–Kier alpha value is -1.84. The molecule has 0 aliphatic carbocycles. The van der Waals surface area contributed by atoms with E-state index in [1.54, 1.807) is 0 Å². The molecule has 23 heavy (non-hydrogen) atoms. The van der Waals surface area contributed by atoms with Crippen LogP contribution in [0, 0.1) is 13.8 Å². The number of benzene rings is 1. The lowest BCUT2D eigenvalue weighted by molar-refractivity contribution is -0.113. The first kappa shape index (κ1) is 16.0. The van der Waals surface area contributed by atoms with E-state index in [1.807, 2.05) is 38.1 Å². The van der Waals surface area contributed by atoms with Crippen molar-refractivity contribution in [2.24, 2.45) is 0 Å². The molecule has 0 saturated carbocycles. The van der Waals surface area contributed by atoms with Gasteiger partial charge in [0.2, 0.25) is 11.0 Å². The van der Waals surface area contributed by atoms with Crippen LogP contribution in [0.4, 0.5) is 5.13 Å². The number of aryl methyl sites for hydroxylation is 2. The van der Waals surface area contributed by atoms with E-state index in [1.165, 1.54) is 34.6 Å². The van der Waals surface area contributed by atoms with E-state index >= 15 is 0 Å². The molecule has 0 bridgehead atoms. The number of nitrogens with zero attached hydrogens (tertiary/aromatic N) is 4. The maximum atomic E-state index is 11.9. The number of hydrogen-bond donors (Lipinski definition) is 1. The van der Waals surface area contributed by atoms with Crippen molar-refractivity contribution in [3.8, 4) is 11.4 Å². The minimum atomic E-state index is -0.126. The highest BCUT2D eigenvalue weighted by atomic mass is 32.2. The molecule has 1 aromatic carbocycles. The Morgan fingerprint density at radius 2 is 2.09 bits per heavy atom.